The molecule has 3 nitrogen and oxygen atoms in total. The van der Waals surface area contributed by atoms with Crippen LogP contribution >= 0.6 is 11.3 Å². The quantitative estimate of drug-likeness (QED) is 0.158. The van der Waals surface area contributed by atoms with Gasteiger partial charge in [-0.05, 0) is 201 Å². The lowest BCUT2D eigenvalue weighted by Crippen LogP contribution is -2.16. The van der Waals surface area contributed by atoms with Gasteiger partial charge in [0.2, 0.25) is 0 Å². The highest BCUT2D eigenvalue weighted by Crippen LogP contribution is 2.53. The van der Waals surface area contributed by atoms with E-state index in [1.54, 1.807) is 0 Å². The number of fused-ring (bicyclic) bond motifs is 17. The minimum absolute atomic E-state index is 0.0420. The van der Waals surface area contributed by atoms with E-state index in [1.165, 1.54) is 196 Å². The molecule has 0 N–H and O–H groups in total. The number of para-hydroxylation sites is 1. The largest absolute Gasteiger partial charge is 0.309 e. The third kappa shape index (κ3) is 10.0. The van der Waals surface area contributed by atoms with Crippen molar-refractivity contribution in [2.24, 2.45) is 0 Å². The van der Waals surface area contributed by atoms with E-state index in [-0.39, 0.29) is 32.5 Å². The number of thiophene rings is 1. The molecule has 0 atom stereocenters. The Labute approximate surface area is 604 Å². The molecule has 0 fully saturated rings. The van der Waals surface area contributed by atoms with E-state index in [4.69, 9.17) is 0 Å². The highest BCUT2D eigenvalue weighted by Gasteiger charge is 2.31. The van der Waals surface area contributed by atoms with Crippen molar-refractivity contribution in [3.8, 4) is 61.3 Å². The van der Waals surface area contributed by atoms with E-state index in [0.717, 1.165) is 5.69 Å². The van der Waals surface area contributed by atoms with Gasteiger partial charge in [-0.15, -0.1) is 11.3 Å². The summed E-state index contributed by atoms with van der Waals surface area (Å²) in [7, 11) is 0. The number of hydrogen-bond acceptors (Lipinski definition) is 1. The molecule has 18 rings (SSSR count). The molecule has 0 radical (unpaired) electrons. The molecule has 0 bridgehead atoms. The van der Waals surface area contributed by atoms with Gasteiger partial charge in [-0.3, -0.25) is 4.40 Å². The van der Waals surface area contributed by atoms with Crippen LogP contribution in [0.25, 0.3) is 169 Å². The summed E-state index contributed by atoms with van der Waals surface area (Å²) in [6, 6.07) is 88.3. The average Bonchev–Trinajstić information content (AvgIpc) is 1.51. The van der Waals surface area contributed by atoms with Gasteiger partial charge in [-0.2, -0.15) is 0 Å². The van der Waals surface area contributed by atoms with Crippen molar-refractivity contribution in [3.05, 3.63) is 258 Å². The first-order valence-electron chi connectivity index (χ1n) is 36.9. The maximum absolute atomic E-state index is 2.71. The Bertz CT molecular complexity index is 6430. The Morgan fingerprint density at radius 2 is 0.627 bits per heavy atom. The zero-order valence-corrected chi connectivity index (χ0v) is 63.4. The van der Waals surface area contributed by atoms with Crippen molar-refractivity contribution in [2.75, 3.05) is 0 Å². The summed E-state index contributed by atoms with van der Waals surface area (Å²) in [6.07, 6.45) is 0. The highest BCUT2D eigenvalue weighted by atomic mass is 32.1. The molecular weight excluding hydrogens is 1250 g/mol. The first-order chi connectivity index (χ1) is 48.3. The predicted octanol–water partition coefficient (Wildman–Crippen LogP) is 28.4. The van der Waals surface area contributed by atoms with Crippen molar-refractivity contribution >= 4 is 119 Å². The highest BCUT2D eigenvalue weighted by molar-refractivity contribution is 7.25. The molecule has 4 heteroatoms. The lowest BCUT2D eigenvalue weighted by molar-refractivity contribution is 0.568. The first-order valence-corrected chi connectivity index (χ1v) is 37.7. The molecule has 0 amide bonds. The molecule has 0 spiro atoms. The molecule has 6 aromatic heterocycles. The topological polar surface area (TPSA) is 13.8 Å². The molecule has 18 aromatic rings. The Morgan fingerprint density at radius 1 is 0.235 bits per heavy atom. The normalized spacial score (nSPS) is 13.4. The zero-order valence-electron chi connectivity index (χ0n) is 62.6. The fourth-order valence-electron chi connectivity index (χ4n) is 16.7. The SMILES string of the molecule is CC(C)(C)c1cc(-c2cc(-c3ccc4c(c3)c3ccccc3n4-c3cccc(-c4ccccc4)c3)c3c(c2)c2cc(-c4cc(C(C)(C)C)cc(C(C)(C)C)c4)cc4c5cc6c(cc5n3c42)c2cc(-c3cc(C(C)(C)C)cc(C(C)(C)C)c3)cc3c4c5ccccc5sc4n6c23)cc(C(C)(C)C)c1. The third-order valence-corrected chi connectivity index (χ3v) is 23.9. The molecule has 6 heterocycles. The standard InChI is InChI=1S/C98H91N3S/c1-93(2,3)65-37-59(38-66(51-65)94(4,5)6)62-45-74(58-35-36-84-75(44-58)72-31-22-24-33-83(72)99(84)71-30-26-29-57(43-71)56-27-20-19-21-28-56)89-80(48-62)81-49-63(60-39-67(95(7,8)9)52-68(40-60)96(10,11)12)46-78-76-55-86-77(54-85(76)100(89)90(78)81)79-47-64(61-41-69(97(13,14)15)53-70(42-61)98(16,17)18)50-82-88-73-32-23-25-34-87(73)102-92(88)101(86)91(79)82/h19-55H,1-18H3. The summed E-state index contributed by atoms with van der Waals surface area (Å²) >= 11 is 1.93. The lowest BCUT2D eigenvalue weighted by atomic mass is 9.78. The Balaban J connectivity index is 1.00. The van der Waals surface area contributed by atoms with Crippen LogP contribution in [0.3, 0.4) is 0 Å². The van der Waals surface area contributed by atoms with Gasteiger partial charge in [-0.25, -0.2) is 0 Å². The zero-order chi connectivity index (χ0) is 71.0. The minimum Gasteiger partial charge on any atom is -0.309 e. The molecule has 504 valence electrons. The van der Waals surface area contributed by atoms with Crippen molar-refractivity contribution in [3.63, 3.8) is 0 Å². The predicted molar refractivity (Wildman–Crippen MR) is 445 cm³/mol. The van der Waals surface area contributed by atoms with Crippen molar-refractivity contribution in [1.82, 2.24) is 13.4 Å². The second-order valence-electron chi connectivity index (χ2n) is 36.0. The van der Waals surface area contributed by atoms with Gasteiger partial charge in [0.15, 0.2) is 0 Å². The van der Waals surface area contributed by atoms with E-state index in [9.17, 15) is 0 Å². The Kier molecular flexibility index (Phi) is 13.7. The Hall–Kier alpha value is -10.0. The van der Waals surface area contributed by atoms with Gasteiger partial charge in [0.1, 0.15) is 4.83 Å². The van der Waals surface area contributed by atoms with Crippen LogP contribution in [-0.4, -0.2) is 13.4 Å². The molecule has 0 aliphatic rings. The summed E-state index contributed by atoms with van der Waals surface area (Å²) in [6.45, 7) is 42.5. The van der Waals surface area contributed by atoms with Crippen LogP contribution in [-0.2, 0) is 32.5 Å². The molecule has 0 unspecified atom stereocenters. The van der Waals surface area contributed by atoms with Crippen molar-refractivity contribution in [1.29, 1.82) is 0 Å². The molecule has 0 aliphatic carbocycles. The average molecular weight is 1340 g/mol. The third-order valence-electron chi connectivity index (χ3n) is 22.7. The van der Waals surface area contributed by atoms with Crippen molar-refractivity contribution in [2.45, 2.75) is 157 Å². The number of rotatable bonds is 6. The number of nitrogens with zero attached hydrogens (tertiary/aromatic N) is 3. The summed E-state index contributed by atoms with van der Waals surface area (Å²) in [5.74, 6) is 0. The first kappa shape index (κ1) is 64.1. The smallest absolute Gasteiger partial charge is 0.109 e. The van der Waals surface area contributed by atoms with Gasteiger partial charge < -0.3 is 8.97 Å². The number of benzene rings is 12. The molecule has 12 aromatic carbocycles. The fraction of sp³-hybridized carbons (Fsp3) is 0.245. The maximum atomic E-state index is 2.71. The molecule has 0 saturated carbocycles. The van der Waals surface area contributed by atoms with Crippen molar-refractivity contribution < 1.29 is 0 Å². The van der Waals surface area contributed by atoms with Gasteiger partial charge >= 0.3 is 0 Å². The summed E-state index contributed by atoms with van der Waals surface area (Å²) in [5.41, 5.74) is 29.7. The van der Waals surface area contributed by atoms with Gasteiger partial charge in [0, 0.05) is 75.2 Å². The molecule has 0 aliphatic heterocycles. The van der Waals surface area contributed by atoms with E-state index in [0.29, 0.717) is 0 Å². The second-order valence-corrected chi connectivity index (χ2v) is 37.0. The molecule has 102 heavy (non-hydrogen) atoms. The van der Waals surface area contributed by atoms with Gasteiger partial charge in [-0.1, -0.05) is 264 Å². The number of aromatic nitrogens is 3. The van der Waals surface area contributed by atoms with E-state index in [1.807, 2.05) is 11.3 Å². The van der Waals surface area contributed by atoms with E-state index in [2.05, 4.69) is 362 Å². The fourth-order valence-corrected chi connectivity index (χ4v) is 18.0. The number of hydrogen-bond donors (Lipinski definition) is 0. The van der Waals surface area contributed by atoms with Crippen LogP contribution in [0.15, 0.2) is 224 Å². The van der Waals surface area contributed by atoms with Crippen LogP contribution in [0, 0.1) is 0 Å². The van der Waals surface area contributed by atoms with Crippen LogP contribution in [0.5, 0.6) is 0 Å². The maximum Gasteiger partial charge on any atom is 0.109 e. The lowest BCUT2D eigenvalue weighted by Gasteiger charge is -2.26. The van der Waals surface area contributed by atoms with Crippen LogP contribution in [0.1, 0.15) is 158 Å². The molecule has 0 saturated heterocycles. The van der Waals surface area contributed by atoms with E-state index >= 15 is 0 Å². The summed E-state index contributed by atoms with van der Waals surface area (Å²) in [5, 5.41) is 14.0. The van der Waals surface area contributed by atoms with E-state index < -0.39 is 0 Å². The Morgan fingerprint density at radius 3 is 1.16 bits per heavy atom. The minimum atomic E-state index is -0.0818. The monoisotopic (exact) mass is 1340 g/mol. The second kappa shape index (κ2) is 21.8. The molecular formula is C98H91N3S. The van der Waals surface area contributed by atoms with Gasteiger partial charge in [0.25, 0.3) is 0 Å². The van der Waals surface area contributed by atoms with Crippen LogP contribution in [0.4, 0.5) is 0 Å². The summed E-state index contributed by atoms with van der Waals surface area (Å²) < 4.78 is 9.17. The van der Waals surface area contributed by atoms with Crippen LogP contribution < -0.4 is 0 Å². The summed E-state index contributed by atoms with van der Waals surface area (Å²) in [4.78, 5) is 1.30. The van der Waals surface area contributed by atoms with Gasteiger partial charge in [0.05, 0.1) is 38.6 Å². The van der Waals surface area contributed by atoms with Crippen LogP contribution in [0.2, 0.25) is 0 Å².